The summed E-state index contributed by atoms with van der Waals surface area (Å²) in [6, 6.07) is 1.53. The molecule has 0 aromatic carbocycles. The van der Waals surface area contributed by atoms with Crippen LogP contribution in [0.2, 0.25) is 0 Å². The minimum atomic E-state index is 0.761. The summed E-state index contributed by atoms with van der Waals surface area (Å²) in [7, 11) is 0. The molecule has 20 heavy (non-hydrogen) atoms. The molecule has 2 nitrogen and oxygen atoms in total. The molecule has 4 atom stereocenters. The molecule has 4 unspecified atom stereocenters. The summed E-state index contributed by atoms with van der Waals surface area (Å²) in [5.74, 6) is 5.32. The molecule has 2 aliphatic rings. The maximum atomic E-state index is 3.77. The average Bonchev–Trinajstić information content (AvgIpc) is 2.43. The monoisotopic (exact) mass is 298 g/mol. The summed E-state index contributed by atoms with van der Waals surface area (Å²) in [6.45, 7) is 13.2. The second kappa shape index (κ2) is 8.05. The number of thioether (sulfide) groups is 1. The summed E-state index contributed by atoms with van der Waals surface area (Å²) in [4.78, 5) is 2.76. The van der Waals surface area contributed by atoms with E-state index >= 15 is 0 Å². The van der Waals surface area contributed by atoms with Gasteiger partial charge in [-0.15, -0.1) is 0 Å². The molecule has 118 valence electrons. The van der Waals surface area contributed by atoms with Crippen LogP contribution >= 0.6 is 11.8 Å². The van der Waals surface area contributed by atoms with Crippen LogP contribution in [0, 0.1) is 17.8 Å². The number of nitrogens with one attached hydrogen (secondary N) is 1. The van der Waals surface area contributed by atoms with E-state index in [1.54, 1.807) is 0 Å². The minimum absolute atomic E-state index is 0.761. The molecule has 2 fully saturated rings. The topological polar surface area (TPSA) is 15.3 Å². The van der Waals surface area contributed by atoms with Gasteiger partial charge in [-0.2, -0.15) is 11.8 Å². The molecule has 0 spiro atoms. The highest BCUT2D eigenvalue weighted by atomic mass is 32.2. The number of rotatable bonds is 5. The van der Waals surface area contributed by atoms with Gasteiger partial charge in [0.05, 0.1) is 0 Å². The first-order valence-electron chi connectivity index (χ1n) is 8.67. The van der Waals surface area contributed by atoms with E-state index in [2.05, 4.69) is 49.7 Å². The third kappa shape index (κ3) is 4.38. The molecule has 0 radical (unpaired) electrons. The standard InChI is InChI=1S/C17H34N2S/c1-5-18-17-7-6-15(13(2)3)10-16(17)11-19-8-9-20-12-14(19)4/h13-18H,5-12H2,1-4H3. The van der Waals surface area contributed by atoms with E-state index in [0.29, 0.717) is 0 Å². The van der Waals surface area contributed by atoms with Gasteiger partial charge in [-0.05, 0) is 50.5 Å². The Morgan fingerprint density at radius 3 is 2.75 bits per heavy atom. The molecule has 0 bridgehead atoms. The lowest BCUT2D eigenvalue weighted by molar-refractivity contribution is 0.109. The van der Waals surface area contributed by atoms with Crippen molar-refractivity contribution in [2.75, 3.05) is 31.1 Å². The molecular formula is C17H34N2S. The van der Waals surface area contributed by atoms with Gasteiger partial charge < -0.3 is 5.32 Å². The van der Waals surface area contributed by atoms with E-state index in [-0.39, 0.29) is 0 Å². The minimum Gasteiger partial charge on any atom is -0.314 e. The fourth-order valence-electron chi connectivity index (χ4n) is 3.97. The van der Waals surface area contributed by atoms with Gasteiger partial charge in [-0.3, -0.25) is 4.90 Å². The van der Waals surface area contributed by atoms with Crippen LogP contribution in [0.25, 0.3) is 0 Å². The van der Waals surface area contributed by atoms with E-state index < -0.39 is 0 Å². The average molecular weight is 299 g/mol. The zero-order chi connectivity index (χ0) is 14.5. The maximum absolute atomic E-state index is 3.77. The van der Waals surface area contributed by atoms with Crippen molar-refractivity contribution in [1.29, 1.82) is 0 Å². The Labute approximate surface area is 130 Å². The molecule has 0 amide bonds. The normalized spacial score (nSPS) is 36.5. The molecule has 1 N–H and O–H groups in total. The lowest BCUT2D eigenvalue weighted by Gasteiger charge is -2.43. The van der Waals surface area contributed by atoms with E-state index in [1.807, 2.05) is 0 Å². The Bertz CT molecular complexity index is 282. The van der Waals surface area contributed by atoms with E-state index in [9.17, 15) is 0 Å². The van der Waals surface area contributed by atoms with Crippen molar-refractivity contribution in [3.05, 3.63) is 0 Å². The van der Waals surface area contributed by atoms with Crippen LogP contribution in [-0.4, -0.2) is 48.1 Å². The Kier molecular flexibility index (Phi) is 6.70. The molecule has 1 saturated heterocycles. The van der Waals surface area contributed by atoms with E-state index in [4.69, 9.17) is 0 Å². The summed E-state index contributed by atoms with van der Waals surface area (Å²) >= 11 is 2.13. The lowest BCUT2D eigenvalue weighted by Crippen LogP contribution is -2.50. The van der Waals surface area contributed by atoms with Crippen molar-refractivity contribution in [3.8, 4) is 0 Å². The molecule has 0 aromatic rings. The number of hydrogen-bond donors (Lipinski definition) is 1. The quantitative estimate of drug-likeness (QED) is 0.836. The van der Waals surface area contributed by atoms with E-state index in [1.165, 1.54) is 43.9 Å². The van der Waals surface area contributed by atoms with Gasteiger partial charge in [0.25, 0.3) is 0 Å². The molecule has 3 heteroatoms. The Balaban J connectivity index is 1.95. The number of nitrogens with zero attached hydrogens (tertiary/aromatic N) is 1. The van der Waals surface area contributed by atoms with Gasteiger partial charge in [-0.25, -0.2) is 0 Å². The Morgan fingerprint density at radius 1 is 1.30 bits per heavy atom. The number of hydrogen-bond acceptors (Lipinski definition) is 3. The highest BCUT2D eigenvalue weighted by Gasteiger charge is 2.33. The third-order valence-electron chi connectivity index (χ3n) is 5.41. The molecule has 1 heterocycles. The van der Waals surface area contributed by atoms with Gasteiger partial charge in [-0.1, -0.05) is 20.8 Å². The largest absolute Gasteiger partial charge is 0.314 e. The second-order valence-electron chi connectivity index (χ2n) is 7.16. The van der Waals surface area contributed by atoms with Gasteiger partial charge >= 0.3 is 0 Å². The first-order chi connectivity index (χ1) is 9.61. The second-order valence-corrected chi connectivity index (χ2v) is 8.31. The van der Waals surface area contributed by atoms with Gasteiger partial charge in [0, 0.05) is 36.7 Å². The van der Waals surface area contributed by atoms with Crippen LogP contribution in [0.1, 0.15) is 47.0 Å². The summed E-state index contributed by atoms with van der Waals surface area (Å²) in [5, 5.41) is 3.77. The molecule has 0 aromatic heterocycles. The van der Waals surface area contributed by atoms with Crippen molar-refractivity contribution in [2.24, 2.45) is 17.8 Å². The molecule has 1 saturated carbocycles. The first kappa shape index (κ1) is 16.6. The summed E-state index contributed by atoms with van der Waals surface area (Å²) in [5.41, 5.74) is 0. The third-order valence-corrected chi connectivity index (χ3v) is 6.60. The van der Waals surface area contributed by atoms with Crippen LogP contribution in [0.5, 0.6) is 0 Å². The lowest BCUT2D eigenvalue weighted by atomic mass is 9.73. The van der Waals surface area contributed by atoms with E-state index in [0.717, 1.165) is 36.4 Å². The first-order valence-corrected chi connectivity index (χ1v) is 9.82. The van der Waals surface area contributed by atoms with Crippen LogP contribution < -0.4 is 5.32 Å². The summed E-state index contributed by atoms with van der Waals surface area (Å²) < 4.78 is 0. The van der Waals surface area contributed by atoms with Crippen LogP contribution in [-0.2, 0) is 0 Å². The van der Waals surface area contributed by atoms with Gasteiger partial charge in [0.15, 0.2) is 0 Å². The summed E-state index contributed by atoms with van der Waals surface area (Å²) in [6.07, 6.45) is 4.25. The molecule has 2 rings (SSSR count). The zero-order valence-corrected chi connectivity index (χ0v) is 14.7. The van der Waals surface area contributed by atoms with Gasteiger partial charge in [0.1, 0.15) is 0 Å². The van der Waals surface area contributed by atoms with Crippen LogP contribution in [0.15, 0.2) is 0 Å². The van der Waals surface area contributed by atoms with Gasteiger partial charge in [0.2, 0.25) is 0 Å². The maximum Gasteiger partial charge on any atom is 0.0158 e. The smallest absolute Gasteiger partial charge is 0.0158 e. The molecular weight excluding hydrogens is 264 g/mol. The predicted octanol–water partition coefficient (Wildman–Crippen LogP) is 3.47. The SMILES string of the molecule is CCNC1CCC(C(C)C)CC1CN1CCSCC1C. The van der Waals surface area contributed by atoms with Crippen LogP contribution in [0.3, 0.4) is 0 Å². The predicted molar refractivity (Wildman–Crippen MR) is 91.5 cm³/mol. The van der Waals surface area contributed by atoms with Crippen LogP contribution in [0.4, 0.5) is 0 Å². The van der Waals surface area contributed by atoms with Crippen molar-refractivity contribution in [2.45, 2.75) is 59.0 Å². The highest BCUT2D eigenvalue weighted by molar-refractivity contribution is 7.99. The molecule has 1 aliphatic heterocycles. The van der Waals surface area contributed by atoms with Crippen molar-refractivity contribution >= 4 is 11.8 Å². The Morgan fingerprint density at radius 2 is 2.10 bits per heavy atom. The zero-order valence-electron chi connectivity index (χ0n) is 13.9. The van der Waals surface area contributed by atoms with Crippen molar-refractivity contribution < 1.29 is 0 Å². The Hall–Kier alpha value is 0.270. The molecule has 1 aliphatic carbocycles. The fraction of sp³-hybridized carbons (Fsp3) is 1.00. The van der Waals surface area contributed by atoms with Crippen molar-refractivity contribution in [1.82, 2.24) is 10.2 Å². The highest BCUT2D eigenvalue weighted by Crippen LogP contribution is 2.35. The van der Waals surface area contributed by atoms with Crippen molar-refractivity contribution in [3.63, 3.8) is 0 Å². The fourth-order valence-corrected chi connectivity index (χ4v) is 5.05.